The number of H-pyrrole nitrogens is 1. The second-order valence-electron chi connectivity index (χ2n) is 5.86. The summed E-state index contributed by atoms with van der Waals surface area (Å²) in [6.07, 6.45) is 3.50. The van der Waals surface area contributed by atoms with Crippen LogP contribution in [0.1, 0.15) is 33.5 Å². The summed E-state index contributed by atoms with van der Waals surface area (Å²) in [5.41, 5.74) is 1.15. The standard InChI is InChI=1S/C20H20N2O5S/c1-5-27-20(24)17-11(2)16-18(23)21-15(22-19(16)28-17)9-7-12-6-8-13(25-3)14(10-12)26-4/h6-10H,5H2,1-4H3,(H,21,22,23). The highest BCUT2D eigenvalue weighted by Gasteiger charge is 2.19. The number of methoxy groups -OCH3 is 2. The molecule has 0 aliphatic rings. The molecule has 0 unspecified atom stereocenters. The summed E-state index contributed by atoms with van der Waals surface area (Å²) in [4.78, 5) is 32.7. The smallest absolute Gasteiger partial charge is 0.348 e. The first-order chi connectivity index (χ1) is 13.5. The highest BCUT2D eigenvalue weighted by atomic mass is 32.1. The predicted octanol–water partition coefficient (Wildman–Crippen LogP) is 3.66. The van der Waals surface area contributed by atoms with E-state index in [1.807, 2.05) is 12.1 Å². The average Bonchev–Trinajstić information content (AvgIpc) is 3.03. The van der Waals surface area contributed by atoms with Crippen molar-refractivity contribution in [2.24, 2.45) is 0 Å². The molecule has 0 fully saturated rings. The molecule has 0 spiro atoms. The molecule has 0 saturated heterocycles. The fraction of sp³-hybridized carbons (Fsp3) is 0.250. The Morgan fingerprint density at radius 1 is 1.21 bits per heavy atom. The predicted molar refractivity (Wildman–Crippen MR) is 109 cm³/mol. The molecule has 3 aromatic rings. The lowest BCUT2D eigenvalue weighted by molar-refractivity contribution is 0.0531. The molecular formula is C20H20N2O5S. The summed E-state index contributed by atoms with van der Waals surface area (Å²) in [5.74, 6) is 1.19. The fourth-order valence-electron chi connectivity index (χ4n) is 2.76. The second kappa shape index (κ2) is 8.26. The number of aromatic amines is 1. The van der Waals surface area contributed by atoms with Crippen molar-refractivity contribution < 1.29 is 19.0 Å². The summed E-state index contributed by atoms with van der Waals surface area (Å²) in [6.45, 7) is 3.74. The van der Waals surface area contributed by atoms with Crippen molar-refractivity contribution in [1.29, 1.82) is 0 Å². The van der Waals surface area contributed by atoms with Gasteiger partial charge in [-0.15, -0.1) is 11.3 Å². The van der Waals surface area contributed by atoms with Gasteiger partial charge in [0.1, 0.15) is 15.5 Å². The number of aromatic nitrogens is 2. The van der Waals surface area contributed by atoms with Crippen molar-refractivity contribution in [2.45, 2.75) is 13.8 Å². The molecule has 28 heavy (non-hydrogen) atoms. The van der Waals surface area contributed by atoms with E-state index < -0.39 is 5.97 Å². The second-order valence-corrected chi connectivity index (χ2v) is 6.85. The van der Waals surface area contributed by atoms with Crippen molar-refractivity contribution in [3.05, 3.63) is 50.4 Å². The molecular weight excluding hydrogens is 380 g/mol. The number of fused-ring (bicyclic) bond motifs is 1. The van der Waals surface area contributed by atoms with E-state index in [0.717, 1.165) is 16.9 Å². The van der Waals surface area contributed by atoms with Gasteiger partial charge in [-0.3, -0.25) is 4.79 Å². The van der Waals surface area contributed by atoms with Gasteiger partial charge in [-0.2, -0.15) is 0 Å². The summed E-state index contributed by atoms with van der Waals surface area (Å²) < 4.78 is 15.6. The number of hydrogen-bond donors (Lipinski definition) is 1. The van der Waals surface area contributed by atoms with E-state index in [-0.39, 0.29) is 12.2 Å². The lowest BCUT2D eigenvalue weighted by atomic mass is 10.2. The monoisotopic (exact) mass is 400 g/mol. The molecule has 7 nitrogen and oxygen atoms in total. The Kier molecular flexibility index (Phi) is 5.79. The zero-order valence-corrected chi connectivity index (χ0v) is 16.8. The average molecular weight is 400 g/mol. The zero-order chi connectivity index (χ0) is 20.3. The van der Waals surface area contributed by atoms with Crippen LogP contribution in [-0.2, 0) is 4.74 Å². The van der Waals surface area contributed by atoms with Crippen LogP contribution in [0.2, 0.25) is 0 Å². The van der Waals surface area contributed by atoms with Crippen LogP contribution in [0, 0.1) is 6.92 Å². The van der Waals surface area contributed by atoms with Crippen LogP contribution in [0.25, 0.3) is 22.4 Å². The van der Waals surface area contributed by atoms with Gasteiger partial charge >= 0.3 is 5.97 Å². The Morgan fingerprint density at radius 3 is 2.64 bits per heavy atom. The molecule has 0 saturated carbocycles. The van der Waals surface area contributed by atoms with E-state index in [2.05, 4.69) is 9.97 Å². The number of thiophene rings is 1. The van der Waals surface area contributed by atoms with Gasteiger partial charge in [0, 0.05) is 0 Å². The molecule has 146 valence electrons. The Hall–Kier alpha value is -3.13. The number of hydrogen-bond acceptors (Lipinski definition) is 7. The number of rotatable bonds is 6. The molecule has 0 radical (unpaired) electrons. The number of nitrogens with one attached hydrogen (secondary N) is 1. The van der Waals surface area contributed by atoms with Crippen molar-refractivity contribution in [3.8, 4) is 11.5 Å². The number of benzene rings is 1. The van der Waals surface area contributed by atoms with Gasteiger partial charge in [0.15, 0.2) is 11.5 Å². The van der Waals surface area contributed by atoms with Crippen LogP contribution >= 0.6 is 11.3 Å². The van der Waals surface area contributed by atoms with Gasteiger partial charge < -0.3 is 19.2 Å². The quantitative estimate of drug-likeness (QED) is 0.635. The van der Waals surface area contributed by atoms with E-state index in [0.29, 0.717) is 38.0 Å². The SMILES string of the molecule is CCOC(=O)c1sc2nc(C=Cc3ccc(OC)c(OC)c3)[nH]c(=O)c2c1C. The summed E-state index contributed by atoms with van der Waals surface area (Å²) in [5, 5.41) is 0.413. The highest BCUT2D eigenvalue weighted by molar-refractivity contribution is 7.20. The summed E-state index contributed by atoms with van der Waals surface area (Å²) in [7, 11) is 3.14. The number of nitrogens with zero attached hydrogens (tertiary/aromatic N) is 1. The van der Waals surface area contributed by atoms with Crippen LogP contribution in [0.5, 0.6) is 11.5 Å². The first-order valence-corrected chi connectivity index (χ1v) is 9.40. The van der Waals surface area contributed by atoms with E-state index in [1.165, 1.54) is 0 Å². The topological polar surface area (TPSA) is 90.5 Å². The fourth-order valence-corrected chi connectivity index (χ4v) is 3.85. The molecule has 0 amide bonds. The van der Waals surface area contributed by atoms with Gasteiger partial charge in [0.25, 0.3) is 5.56 Å². The maximum Gasteiger partial charge on any atom is 0.348 e. The minimum atomic E-state index is -0.440. The van der Waals surface area contributed by atoms with Crippen LogP contribution in [-0.4, -0.2) is 36.8 Å². The van der Waals surface area contributed by atoms with Gasteiger partial charge in [-0.25, -0.2) is 9.78 Å². The Bertz CT molecular complexity index is 1110. The minimum Gasteiger partial charge on any atom is -0.493 e. The first kappa shape index (κ1) is 19.6. The number of aryl methyl sites for hydroxylation is 1. The lowest BCUT2D eigenvalue weighted by Crippen LogP contribution is -2.10. The molecule has 2 aromatic heterocycles. The third kappa shape index (κ3) is 3.77. The van der Waals surface area contributed by atoms with Gasteiger partial charge in [0.2, 0.25) is 0 Å². The summed E-state index contributed by atoms with van der Waals surface area (Å²) in [6, 6.07) is 5.48. The third-order valence-corrected chi connectivity index (χ3v) is 5.29. The maximum absolute atomic E-state index is 12.5. The normalized spacial score (nSPS) is 11.1. The summed E-state index contributed by atoms with van der Waals surface area (Å²) >= 11 is 1.16. The highest BCUT2D eigenvalue weighted by Crippen LogP contribution is 2.29. The molecule has 0 aliphatic heterocycles. The number of carbonyl (C=O) groups is 1. The Labute approximate surface area is 165 Å². The molecule has 3 rings (SSSR count). The van der Waals surface area contributed by atoms with Gasteiger partial charge in [0.05, 0.1) is 26.2 Å². The Morgan fingerprint density at radius 2 is 1.96 bits per heavy atom. The van der Waals surface area contributed by atoms with E-state index in [9.17, 15) is 9.59 Å². The maximum atomic E-state index is 12.5. The van der Waals surface area contributed by atoms with Crippen LogP contribution in [0.4, 0.5) is 0 Å². The minimum absolute atomic E-state index is 0.273. The lowest BCUT2D eigenvalue weighted by Gasteiger charge is -2.07. The van der Waals surface area contributed by atoms with Crippen molar-refractivity contribution in [2.75, 3.05) is 20.8 Å². The molecule has 8 heteroatoms. The van der Waals surface area contributed by atoms with Crippen molar-refractivity contribution >= 4 is 39.7 Å². The molecule has 1 aromatic carbocycles. The van der Waals surface area contributed by atoms with E-state index >= 15 is 0 Å². The first-order valence-electron chi connectivity index (χ1n) is 8.59. The molecule has 0 aliphatic carbocycles. The van der Waals surface area contributed by atoms with Gasteiger partial charge in [-0.05, 0) is 43.2 Å². The van der Waals surface area contributed by atoms with E-state index in [4.69, 9.17) is 14.2 Å². The molecule has 1 N–H and O–H groups in total. The molecule has 0 bridgehead atoms. The number of esters is 1. The van der Waals surface area contributed by atoms with Crippen LogP contribution < -0.4 is 15.0 Å². The third-order valence-electron chi connectivity index (χ3n) is 4.12. The van der Waals surface area contributed by atoms with Crippen LogP contribution in [0.3, 0.4) is 0 Å². The van der Waals surface area contributed by atoms with Gasteiger partial charge in [-0.1, -0.05) is 12.1 Å². The Balaban J connectivity index is 1.97. The molecule has 2 heterocycles. The van der Waals surface area contributed by atoms with Crippen molar-refractivity contribution in [1.82, 2.24) is 9.97 Å². The number of carbonyl (C=O) groups excluding carboxylic acids is 1. The van der Waals surface area contributed by atoms with E-state index in [1.54, 1.807) is 46.3 Å². The zero-order valence-electron chi connectivity index (χ0n) is 16.0. The number of ether oxygens (including phenoxy) is 3. The van der Waals surface area contributed by atoms with Crippen LogP contribution in [0.15, 0.2) is 23.0 Å². The molecule has 0 atom stereocenters. The largest absolute Gasteiger partial charge is 0.493 e. The van der Waals surface area contributed by atoms with Crippen molar-refractivity contribution in [3.63, 3.8) is 0 Å².